The topological polar surface area (TPSA) is 87.2 Å². The summed E-state index contributed by atoms with van der Waals surface area (Å²) in [7, 11) is -3.68. The van der Waals surface area contributed by atoms with Gasteiger partial charge in [-0.15, -0.1) is 0 Å². The van der Waals surface area contributed by atoms with E-state index in [1.807, 2.05) is 13.0 Å². The van der Waals surface area contributed by atoms with E-state index in [0.717, 1.165) is 24.6 Å². The molecule has 1 aliphatic rings. The van der Waals surface area contributed by atoms with Crippen molar-refractivity contribution < 1.29 is 8.42 Å². The molecule has 2 N–H and O–H groups in total. The van der Waals surface area contributed by atoms with Gasteiger partial charge < -0.3 is 10.2 Å². The van der Waals surface area contributed by atoms with Crippen molar-refractivity contribution in [3.05, 3.63) is 65.4 Å². The Balaban J connectivity index is 1.47. The Labute approximate surface area is 181 Å². The highest BCUT2D eigenvalue weighted by molar-refractivity contribution is 7.92. The minimum atomic E-state index is -3.68. The van der Waals surface area contributed by atoms with Crippen molar-refractivity contribution in [1.82, 2.24) is 9.97 Å². The largest absolute Gasteiger partial charge is 0.356 e. The molecule has 156 valence electrons. The molecule has 1 aliphatic heterocycles. The van der Waals surface area contributed by atoms with Gasteiger partial charge in [0.25, 0.3) is 10.0 Å². The van der Waals surface area contributed by atoms with E-state index >= 15 is 0 Å². The van der Waals surface area contributed by atoms with Crippen molar-refractivity contribution in [2.75, 3.05) is 28.0 Å². The van der Waals surface area contributed by atoms with Crippen LogP contribution in [0.5, 0.6) is 0 Å². The Hall–Kier alpha value is -2.84. The third kappa shape index (κ3) is 4.83. The fraction of sp³-hybridized carbons (Fsp3) is 0.238. The predicted molar refractivity (Wildman–Crippen MR) is 120 cm³/mol. The molecule has 0 bridgehead atoms. The van der Waals surface area contributed by atoms with Gasteiger partial charge in [-0.1, -0.05) is 11.6 Å². The minimum absolute atomic E-state index is 0.153. The van der Waals surface area contributed by atoms with Crippen LogP contribution in [-0.2, 0) is 10.0 Å². The van der Waals surface area contributed by atoms with Crippen LogP contribution in [0, 0.1) is 6.92 Å². The van der Waals surface area contributed by atoms with Crippen LogP contribution in [-0.4, -0.2) is 31.5 Å². The highest BCUT2D eigenvalue weighted by Gasteiger charge is 2.16. The number of halogens is 1. The first-order chi connectivity index (χ1) is 14.4. The number of hydrogen-bond donors (Lipinski definition) is 2. The van der Waals surface area contributed by atoms with E-state index in [0.29, 0.717) is 22.4 Å². The summed E-state index contributed by atoms with van der Waals surface area (Å²) >= 11 is 5.83. The predicted octanol–water partition coefficient (Wildman–Crippen LogP) is 4.58. The number of aromatic nitrogens is 2. The van der Waals surface area contributed by atoms with Crippen molar-refractivity contribution in [3.8, 4) is 0 Å². The average Bonchev–Trinajstić information content (AvgIpc) is 3.24. The van der Waals surface area contributed by atoms with Crippen molar-refractivity contribution >= 4 is 44.6 Å². The zero-order valence-corrected chi connectivity index (χ0v) is 18.0. The number of nitrogens with zero attached hydrogens (tertiary/aromatic N) is 3. The molecule has 0 atom stereocenters. The minimum Gasteiger partial charge on any atom is -0.356 e. The van der Waals surface area contributed by atoms with E-state index in [-0.39, 0.29) is 4.90 Å². The van der Waals surface area contributed by atoms with Crippen LogP contribution in [0.1, 0.15) is 18.7 Å². The van der Waals surface area contributed by atoms with Crippen LogP contribution in [0.2, 0.25) is 5.02 Å². The molecule has 30 heavy (non-hydrogen) atoms. The van der Waals surface area contributed by atoms with Gasteiger partial charge in [-0.25, -0.2) is 18.4 Å². The summed E-state index contributed by atoms with van der Waals surface area (Å²) in [5, 5.41) is 3.75. The van der Waals surface area contributed by atoms with Crippen LogP contribution in [0.25, 0.3) is 0 Å². The van der Waals surface area contributed by atoms with E-state index in [1.54, 1.807) is 36.4 Å². The molecule has 0 amide bonds. The van der Waals surface area contributed by atoms with Gasteiger partial charge in [0, 0.05) is 35.6 Å². The van der Waals surface area contributed by atoms with Crippen molar-refractivity contribution in [2.45, 2.75) is 24.7 Å². The summed E-state index contributed by atoms with van der Waals surface area (Å²) < 4.78 is 27.6. The summed E-state index contributed by atoms with van der Waals surface area (Å²) in [6, 6.07) is 15.0. The van der Waals surface area contributed by atoms with Crippen LogP contribution < -0.4 is 14.9 Å². The fourth-order valence-electron chi connectivity index (χ4n) is 3.32. The standard InChI is InChI=1S/C21H22ClN5O2S/c1-15-23-20(14-21(24-15)27-12-2-3-13-27)25-17-6-8-18(9-7-17)26-30(28,29)19-10-4-16(22)5-11-19/h4-11,14,26H,2-3,12-13H2,1H3,(H,23,24,25). The monoisotopic (exact) mass is 443 g/mol. The highest BCUT2D eigenvalue weighted by Crippen LogP contribution is 2.24. The number of nitrogens with one attached hydrogen (secondary N) is 2. The maximum absolute atomic E-state index is 12.5. The molecule has 0 radical (unpaired) electrons. The van der Waals surface area contributed by atoms with Gasteiger partial charge in [-0.2, -0.15) is 0 Å². The lowest BCUT2D eigenvalue weighted by Gasteiger charge is -2.18. The molecule has 3 aromatic rings. The third-order valence-corrected chi connectivity index (χ3v) is 6.44. The van der Waals surface area contributed by atoms with Crippen molar-refractivity contribution in [1.29, 1.82) is 0 Å². The van der Waals surface area contributed by atoms with Crippen molar-refractivity contribution in [2.24, 2.45) is 0 Å². The molecule has 0 aliphatic carbocycles. The number of aryl methyl sites for hydroxylation is 1. The third-order valence-electron chi connectivity index (χ3n) is 4.79. The summed E-state index contributed by atoms with van der Waals surface area (Å²) in [6.45, 7) is 3.90. The molecule has 2 heterocycles. The highest BCUT2D eigenvalue weighted by atomic mass is 35.5. The Morgan fingerprint density at radius 3 is 2.23 bits per heavy atom. The second-order valence-corrected chi connectivity index (χ2v) is 9.23. The average molecular weight is 444 g/mol. The second-order valence-electron chi connectivity index (χ2n) is 7.11. The van der Waals surface area contributed by atoms with E-state index in [4.69, 9.17) is 11.6 Å². The van der Waals surface area contributed by atoms with Gasteiger partial charge in [0.15, 0.2) is 0 Å². The molecular weight excluding hydrogens is 422 g/mol. The van der Waals surface area contributed by atoms with Gasteiger partial charge in [-0.05, 0) is 68.3 Å². The molecular formula is C21H22ClN5O2S. The maximum Gasteiger partial charge on any atom is 0.261 e. The number of benzene rings is 2. The molecule has 1 fully saturated rings. The van der Waals surface area contributed by atoms with Crippen LogP contribution in [0.4, 0.5) is 23.0 Å². The quantitative estimate of drug-likeness (QED) is 0.579. The lowest BCUT2D eigenvalue weighted by atomic mass is 10.3. The Morgan fingerprint density at radius 1 is 0.933 bits per heavy atom. The number of sulfonamides is 1. The Kier molecular flexibility index (Phi) is 5.78. The molecule has 1 saturated heterocycles. The van der Waals surface area contributed by atoms with Gasteiger partial charge in [0.05, 0.1) is 4.90 Å². The molecule has 0 unspecified atom stereocenters. The molecule has 4 rings (SSSR count). The number of anilines is 4. The summed E-state index contributed by atoms with van der Waals surface area (Å²) in [6.07, 6.45) is 2.36. The molecule has 1 aromatic heterocycles. The lowest BCUT2D eigenvalue weighted by Crippen LogP contribution is -2.19. The SMILES string of the molecule is Cc1nc(Nc2ccc(NS(=O)(=O)c3ccc(Cl)cc3)cc2)cc(N2CCCC2)n1. The smallest absolute Gasteiger partial charge is 0.261 e. The molecule has 0 spiro atoms. The summed E-state index contributed by atoms with van der Waals surface area (Å²) in [5.41, 5.74) is 1.27. The summed E-state index contributed by atoms with van der Waals surface area (Å²) in [4.78, 5) is 11.4. The zero-order valence-electron chi connectivity index (χ0n) is 16.5. The first-order valence-corrected chi connectivity index (χ1v) is 11.5. The van der Waals surface area contributed by atoms with E-state index in [9.17, 15) is 8.42 Å². The normalized spacial score (nSPS) is 14.0. The molecule has 9 heteroatoms. The Morgan fingerprint density at radius 2 is 1.57 bits per heavy atom. The second kappa shape index (κ2) is 8.49. The first kappa shape index (κ1) is 20.4. The zero-order chi connectivity index (χ0) is 21.1. The fourth-order valence-corrected chi connectivity index (χ4v) is 4.51. The lowest BCUT2D eigenvalue weighted by molar-refractivity contribution is 0.601. The van der Waals surface area contributed by atoms with E-state index in [2.05, 4.69) is 24.9 Å². The van der Waals surface area contributed by atoms with Crippen LogP contribution >= 0.6 is 11.6 Å². The molecule has 0 saturated carbocycles. The summed E-state index contributed by atoms with van der Waals surface area (Å²) in [5.74, 6) is 2.34. The van der Waals surface area contributed by atoms with Gasteiger partial charge >= 0.3 is 0 Å². The maximum atomic E-state index is 12.5. The van der Waals surface area contributed by atoms with Gasteiger partial charge in [-0.3, -0.25) is 4.72 Å². The molecule has 2 aromatic carbocycles. The van der Waals surface area contributed by atoms with E-state index < -0.39 is 10.0 Å². The van der Waals surface area contributed by atoms with Crippen LogP contribution in [0.3, 0.4) is 0 Å². The van der Waals surface area contributed by atoms with Crippen LogP contribution in [0.15, 0.2) is 59.5 Å². The van der Waals surface area contributed by atoms with E-state index in [1.165, 1.54) is 25.0 Å². The molecule has 7 nitrogen and oxygen atoms in total. The number of rotatable bonds is 6. The van der Waals surface area contributed by atoms with Gasteiger partial charge in [0.1, 0.15) is 17.5 Å². The Bertz CT molecular complexity index is 1130. The first-order valence-electron chi connectivity index (χ1n) is 9.65. The van der Waals surface area contributed by atoms with Gasteiger partial charge in [0.2, 0.25) is 0 Å². The van der Waals surface area contributed by atoms with Crippen molar-refractivity contribution in [3.63, 3.8) is 0 Å². The number of hydrogen-bond acceptors (Lipinski definition) is 6.